The van der Waals surface area contributed by atoms with Crippen molar-refractivity contribution in [3.05, 3.63) is 82.2 Å². The SMILES string of the molecule is CCOC(=O)N1C[C@@H](N=[N+]=[N-])C[C@H]1C(O)(c1ccccc1)c1ccccc1. The number of amides is 1. The maximum absolute atomic E-state index is 12.6. The Hall–Kier alpha value is -3.02. The second-order valence-electron chi connectivity index (χ2n) is 6.46. The number of carbonyl (C=O) groups excluding carboxylic acids is 1. The summed E-state index contributed by atoms with van der Waals surface area (Å²) in [7, 11) is 0. The Bertz CT molecular complexity index is 782. The molecule has 0 bridgehead atoms. The summed E-state index contributed by atoms with van der Waals surface area (Å²) in [6.07, 6.45) is -0.188. The zero-order valence-corrected chi connectivity index (χ0v) is 15.1. The minimum atomic E-state index is -1.46. The molecule has 2 atom stereocenters. The van der Waals surface area contributed by atoms with E-state index < -0.39 is 23.8 Å². The van der Waals surface area contributed by atoms with Gasteiger partial charge in [0.1, 0.15) is 5.60 Å². The Morgan fingerprint density at radius 3 is 2.26 bits per heavy atom. The van der Waals surface area contributed by atoms with Gasteiger partial charge in [0.2, 0.25) is 0 Å². The van der Waals surface area contributed by atoms with Gasteiger partial charge in [0, 0.05) is 11.5 Å². The van der Waals surface area contributed by atoms with Crippen LogP contribution in [0.2, 0.25) is 0 Å². The monoisotopic (exact) mass is 366 g/mol. The molecule has 7 nitrogen and oxygen atoms in total. The Morgan fingerprint density at radius 2 is 1.78 bits per heavy atom. The second-order valence-corrected chi connectivity index (χ2v) is 6.46. The van der Waals surface area contributed by atoms with Gasteiger partial charge in [-0.05, 0) is 30.0 Å². The van der Waals surface area contributed by atoms with Crippen molar-refractivity contribution in [2.24, 2.45) is 5.11 Å². The molecule has 0 unspecified atom stereocenters. The Balaban J connectivity index is 2.12. The Kier molecular flexibility index (Phi) is 5.64. The van der Waals surface area contributed by atoms with Crippen LogP contribution in [0.15, 0.2) is 65.8 Å². The van der Waals surface area contributed by atoms with Crippen LogP contribution >= 0.6 is 0 Å². The molecule has 7 heteroatoms. The molecule has 0 radical (unpaired) electrons. The minimum Gasteiger partial charge on any atom is -0.450 e. The molecule has 0 saturated carbocycles. The molecule has 3 rings (SSSR count). The van der Waals surface area contributed by atoms with Gasteiger partial charge in [-0.1, -0.05) is 65.8 Å². The van der Waals surface area contributed by atoms with E-state index in [0.717, 1.165) is 0 Å². The number of nitrogens with zero attached hydrogens (tertiary/aromatic N) is 4. The maximum Gasteiger partial charge on any atom is 0.410 e. The van der Waals surface area contributed by atoms with Crippen molar-refractivity contribution in [3.63, 3.8) is 0 Å². The summed E-state index contributed by atoms with van der Waals surface area (Å²) in [4.78, 5) is 16.9. The predicted octanol–water partition coefficient (Wildman–Crippen LogP) is 3.83. The second kappa shape index (κ2) is 8.12. The number of benzene rings is 2. The number of hydrogen-bond acceptors (Lipinski definition) is 4. The van der Waals surface area contributed by atoms with E-state index in [9.17, 15) is 9.90 Å². The van der Waals surface area contributed by atoms with Gasteiger partial charge >= 0.3 is 6.09 Å². The number of aliphatic hydroxyl groups is 1. The molecule has 1 fully saturated rings. The first-order valence-electron chi connectivity index (χ1n) is 8.92. The van der Waals surface area contributed by atoms with Crippen molar-refractivity contribution < 1.29 is 14.6 Å². The lowest BCUT2D eigenvalue weighted by atomic mass is 9.79. The zero-order chi connectivity index (χ0) is 19.3. The number of hydrogen-bond donors (Lipinski definition) is 1. The van der Waals surface area contributed by atoms with E-state index in [0.29, 0.717) is 17.5 Å². The number of azide groups is 1. The third-order valence-electron chi connectivity index (χ3n) is 4.91. The minimum absolute atomic E-state index is 0.204. The molecule has 2 aromatic rings. The van der Waals surface area contributed by atoms with Crippen molar-refractivity contribution in [3.8, 4) is 0 Å². The highest BCUT2D eigenvalue weighted by Gasteiger charge is 2.50. The molecule has 0 spiro atoms. The van der Waals surface area contributed by atoms with Gasteiger partial charge in [0.15, 0.2) is 0 Å². The van der Waals surface area contributed by atoms with Crippen LogP contribution in [0.5, 0.6) is 0 Å². The number of rotatable bonds is 5. The normalized spacial score (nSPS) is 19.4. The van der Waals surface area contributed by atoms with Gasteiger partial charge in [-0.15, -0.1) is 0 Å². The van der Waals surface area contributed by atoms with Crippen LogP contribution < -0.4 is 0 Å². The van der Waals surface area contributed by atoms with E-state index >= 15 is 0 Å². The first kappa shape index (κ1) is 18.8. The summed E-state index contributed by atoms with van der Waals surface area (Å²) in [5.74, 6) is 0. The largest absolute Gasteiger partial charge is 0.450 e. The Morgan fingerprint density at radius 1 is 1.22 bits per heavy atom. The topological polar surface area (TPSA) is 98.5 Å². The van der Waals surface area contributed by atoms with Crippen molar-refractivity contribution >= 4 is 6.09 Å². The molecule has 1 aliphatic rings. The molecular formula is C20H22N4O3. The fourth-order valence-electron chi connectivity index (χ4n) is 3.71. The quantitative estimate of drug-likeness (QED) is 0.494. The molecule has 1 amide bonds. The standard InChI is InChI=1S/C20H22N4O3/c1-2-27-19(25)24-14-17(22-23-21)13-18(24)20(26,15-9-5-3-6-10-15)16-11-7-4-8-12-16/h3-12,17-18,26H,2,13-14H2,1H3/t17-,18-/m0/s1. The van der Waals surface area contributed by atoms with Crippen LogP contribution in [0.4, 0.5) is 4.79 Å². The van der Waals surface area contributed by atoms with Gasteiger partial charge in [0.05, 0.1) is 18.7 Å². The maximum atomic E-state index is 12.6. The van der Waals surface area contributed by atoms with Crippen molar-refractivity contribution in [2.75, 3.05) is 13.2 Å². The first-order chi connectivity index (χ1) is 13.1. The summed E-state index contributed by atoms with van der Waals surface area (Å²) in [5, 5.41) is 15.7. The molecule has 1 aliphatic heterocycles. The van der Waals surface area contributed by atoms with Gasteiger partial charge in [0.25, 0.3) is 0 Å². The lowest BCUT2D eigenvalue weighted by Crippen LogP contribution is -2.50. The summed E-state index contributed by atoms with van der Waals surface area (Å²) in [6, 6.07) is 17.4. The van der Waals surface area contributed by atoms with Crippen LogP contribution in [0.1, 0.15) is 24.5 Å². The smallest absolute Gasteiger partial charge is 0.410 e. The van der Waals surface area contributed by atoms with Crippen molar-refractivity contribution in [2.45, 2.75) is 31.0 Å². The van der Waals surface area contributed by atoms with Crippen LogP contribution in [0.3, 0.4) is 0 Å². The number of carbonyl (C=O) groups is 1. The third-order valence-corrected chi connectivity index (χ3v) is 4.91. The van der Waals surface area contributed by atoms with E-state index in [1.165, 1.54) is 4.90 Å². The highest BCUT2D eigenvalue weighted by atomic mass is 16.6. The number of likely N-dealkylation sites (tertiary alicyclic amines) is 1. The van der Waals surface area contributed by atoms with Crippen LogP contribution in [0.25, 0.3) is 10.4 Å². The predicted molar refractivity (Wildman–Crippen MR) is 101 cm³/mol. The molecule has 0 aliphatic carbocycles. The molecule has 1 saturated heterocycles. The average Bonchev–Trinajstić information content (AvgIpc) is 3.14. The lowest BCUT2D eigenvalue weighted by molar-refractivity contribution is -0.00486. The van der Waals surface area contributed by atoms with E-state index in [1.807, 2.05) is 60.7 Å². The molecule has 0 aromatic heterocycles. The van der Waals surface area contributed by atoms with Gasteiger partial charge in [-0.3, -0.25) is 0 Å². The van der Waals surface area contributed by atoms with Crippen LogP contribution in [-0.2, 0) is 10.3 Å². The van der Waals surface area contributed by atoms with Gasteiger partial charge in [-0.25, -0.2) is 4.79 Å². The molecule has 2 aromatic carbocycles. The van der Waals surface area contributed by atoms with Crippen LogP contribution in [0, 0.1) is 0 Å². The van der Waals surface area contributed by atoms with Crippen LogP contribution in [-0.4, -0.2) is 41.3 Å². The summed E-state index contributed by atoms with van der Waals surface area (Å²) in [5.41, 5.74) is 8.70. The van der Waals surface area contributed by atoms with Gasteiger partial charge < -0.3 is 14.7 Å². The van der Waals surface area contributed by atoms with E-state index in [1.54, 1.807) is 6.92 Å². The number of ether oxygens (including phenoxy) is 1. The summed E-state index contributed by atoms with van der Waals surface area (Å²) >= 11 is 0. The fourth-order valence-corrected chi connectivity index (χ4v) is 3.71. The Labute approximate surface area is 157 Å². The molecule has 140 valence electrons. The van der Waals surface area contributed by atoms with Crippen molar-refractivity contribution in [1.82, 2.24) is 4.90 Å². The van der Waals surface area contributed by atoms with Crippen molar-refractivity contribution in [1.29, 1.82) is 0 Å². The summed E-state index contributed by atoms with van der Waals surface area (Å²) < 4.78 is 5.19. The zero-order valence-electron chi connectivity index (χ0n) is 15.1. The highest BCUT2D eigenvalue weighted by molar-refractivity contribution is 5.69. The molecule has 1 heterocycles. The molecule has 1 N–H and O–H groups in total. The first-order valence-corrected chi connectivity index (χ1v) is 8.92. The molecule has 27 heavy (non-hydrogen) atoms. The molecular weight excluding hydrogens is 344 g/mol. The summed E-state index contributed by atoms with van der Waals surface area (Å²) in [6.45, 7) is 2.16. The van der Waals surface area contributed by atoms with Gasteiger partial charge in [-0.2, -0.15) is 0 Å². The van der Waals surface area contributed by atoms with E-state index in [-0.39, 0.29) is 13.2 Å². The third kappa shape index (κ3) is 3.60. The van der Waals surface area contributed by atoms with E-state index in [4.69, 9.17) is 10.3 Å². The average molecular weight is 366 g/mol. The highest BCUT2D eigenvalue weighted by Crippen LogP contribution is 2.41. The fraction of sp³-hybridized carbons (Fsp3) is 0.350. The van der Waals surface area contributed by atoms with E-state index in [2.05, 4.69) is 10.0 Å². The lowest BCUT2D eigenvalue weighted by Gasteiger charge is -2.39.